The fraction of sp³-hybridized carbons (Fsp3) is 0.500. The lowest BCUT2D eigenvalue weighted by atomic mass is 9.84. The number of amides is 1. The molecule has 3 N–H and O–H groups in total. The fourth-order valence-corrected chi connectivity index (χ4v) is 2.68. The third kappa shape index (κ3) is 2.69. The molecule has 0 saturated heterocycles. The van der Waals surface area contributed by atoms with Gasteiger partial charge >= 0.3 is 0 Å². The maximum Gasteiger partial charge on any atom is 0.231 e. The Hall–Kier alpha value is -1.26. The molecule has 0 aromatic heterocycles. The van der Waals surface area contributed by atoms with E-state index in [4.69, 9.17) is 22.1 Å². The number of halogens is 1. The standard InChI is InChI=1S/C14H19ClN2O2/c1-14(7-3-4-12(14)16)13(18)17-9-5-6-10(15)11(8-9)19-2/h5-6,8,12H,3-4,7,16H2,1-2H3,(H,17,18). The molecule has 0 aliphatic heterocycles. The number of anilines is 1. The van der Waals surface area contributed by atoms with Crippen LogP contribution in [-0.2, 0) is 4.79 Å². The highest BCUT2D eigenvalue weighted by Gasteiger charge is 2.42. The lowest BCUT2D eigenvalue weighted by Crippen LogP contribution is -2.44. The summed E-state index contributed by atoms with van der Waals surface area (Å²) in [6, 6.07) is 5.09. The number of carbonyl (C=O) groups is 1. The number of carbonyl (C=O) groups excluding carboxylic acids is 1. The van der Waals surface area contributed by atoms with Gasteiger partial charge in [0.15, 0.2) is 0 Å². The van der Waals surface area contributed by atoms with E-state index in [0.717, 1.165) is 19.3 Å². The van der Waals surface area contributed by atoms with Gasteiger partial charge in [-0.25, -0.2) is 0 Å². The number of methoxy groups -OCH3 is 1. The number of hydrogen-bond acceptors (Lipinski definition) is 3. The lowest BCUT2D eigenvalue weighted by molar-refractivity contribution is -0.125. The molecule has 0 bridgehead atoms. The summed E-state index contributed by atoms with van der Waals surface area (Å²) in [4.78, 5) is 12.4. The van der Waals surface area contributed by atoms with Crippen LogP contribution in [0.4, 0.5) is 5.69 Å². The third-order valence-corrected chi connectivity index (χ3v) is 4.27. The van der Waals surface area contributed by atoms with Gasteiger partial charge in [0.25, 0.3) is 0 Å². The van der Waals surface area contributed by atoms with Crippen LogP contribution in [0.25, 0.3) is 0 Å². The average molecular weight is 283 g/mol. The van der Waals surface area contributed by atoms with Gasteiger partial charge in [-0.05, 0) is 31.9 Å². The van der Waals surface area contributed by atoms with Gasteiger partial charge in [-0.15, -0.1) is 0 Å². The molecule has 19 heavy (non-hydrogen) atoms. The van der Waals surface area contributed by atoms with Crippen LogP contribution in [0.15, 0.2) is 18.2 Å². The van der Waals surface area contributed by atoms with E-state index in [9.17, 15) is 4.79 Å². The summed E-state index contributed by atoms with van der Waals surface area (Å²) in [5.41, 5.74) is 6.22. The number of hydrogen-bond donors (Lipinski definition) is 2. The maximum absolute atomic E-state index is 12.4. The molecule has 104 valence electrons. The minimum atomic E-state index is -0.493. The summed E-state index contributed by atoms with van der Waals surface area (Å²) in [6.45, 7) is 1.92. The van der Waals surface area contributed by atoms with Crippen molar-refractivity contribution in [2.45, 2.75) is 32.2 Å². The molecule has 1 aromatic rings. The Labute approximate surface area is 118 Å². The molecule has 1 aliphatic rings. The zero-order valence-electron chi connectivity index (χ0n) is 11.2. The number of nitrogens with two attached hydrogens (primary N) is 1. The largest absolute Gasteiger partial charge is 0.495 e. The molecule has 1 amide bonds. The van der Waals surface area contributed by atoms with Crippen LogP contribution >= 0.6 is 11.6 Å². The lowest BCUT2D eigenvalue weighted by Gasteiger charge is -2.27. The predicted octanol–water partition coefficient (Wildman–Crippen LogP) is 2.80. The van der Waals surface area contributed by atoms with E-state index >= 15 is 0 Å². The van der Waals surface area contributed by atoms with Crippen LogP contribution in [0.3, 0.4) is 0 Å². The molecular weight excluding hydrogens is 264 g/mol. The Kier molecular flexibility index (Phi) is 4.02. The second-order valence-corrected chi connectivity index (χ2v) is 5.63. The van der Waals surface area contributed by atoms with E-state index in [-0.39, 0.29) is 11.9 Å². The van der Waals surface area contributed by atoms with Gasteiger partial charge in [0.05, 0.1) is 17.5 Å². The normalized spacial score (nSPS) is 26.2. The van der Waals surface area contributed by atoms with Crippen molar-refractivity contribution in [2.75, 3.05) is 12.4 Å². The van der Waals surface area contributed by atoms with Gasteiger partial charge in [0, 0.05) is 17.8 Å². The molecule has 2 atom stereocenters. The van der Waals surface area contributed by atoms with Crippen LogP contribution in [0, 0.1) is 5.41 Å². The zero-order chi connectivity index (χ0) is 14.0. The highest BCUT2D eigenvalue weighted by atomic mass is 35.5. The SMILES string of the molecule is COc1cc(NC(=O)C2(C)CCCC2N)ccc1Cl. The number of benzene rings is 1. The second-order valence-electron chi connectivity index (χ2n) is 5.22. The van der Waals surface area contributed by atoms with E-state index in [1.165, 1.54) is 0 Å². The summed E-state index contributed by atoms with van der Waals surface area (Å²) in [5, 5.41) is 3.42. The van der Waals surface area contributed by atoms with Gasteiger partial charge in [0.1, 0.15) is 5.75 Å². The molecule has 1 fully saturated rings. The highest BCUT2D eigenvalue weighted by Crippen LogP contribution is 2.38. The van der Waals surface area contributed by atoms with Crippen molar-refractivity contribution in [1.29, 1.82) is 0 Å². The number of rotatable bonds is 3. The molecule has 0 spiro atoms. The summed E-state index contributed by atoms with van der Waals surface area (Å²) in [5.74, 6) is 0.502. The number of ether oxygens (including phenoxy) is 1. The van der Waals surface area contributed by atoms with Gasteiger partial charge in [0.2, 0.25) is 5.91 Å². The van der Waals surface area contributed by atoms with Crippen molar-refractivity contribution in [2.24, 2.45) is 11.1 Å². The van der Waals surface area contributed by atoms with E-state index in [1.807, 2.05) is 6.92 Å². The molecule has 2 unspecified atom stereocenters. The maximum atomic E-state index is 12.4. The summed E-state index contributed by atoms with van der Waals surface area (Å²) in [6.07, 6.45) is 2.72. The molecule has 0 heterocycles. The van der Waals surface area contributed by atoms with Crippen molar-refractivity contribution in [3.63, 3.8) is 0 Å². The monoisotopic (exact) mass is 282 g/mol. The van der Waals surface area contributed by atoms with Crippen LogP contribution in [0.1, 0.15) is 26.2 Å². The first kappa shape index (κ1) is 14.2. The van der Waals surface area contributed by atoms with Gasteiger partial charge < -0.3 is 15.8 Å². The first-order chi connectivity index (χ1) is 8.97. The Morgan fingerprint density at radius 3 is 2.89 bits per heavy atom. The first-order valence-corrected chi connectivity index (χ1v) is 6.76. The van der Waals surface area contributed by atoms with Crippen LogP contribution in [-0.4, -0.2) is 19.1 Å². The van der Waals surface area contributed by atoms with Crippen LogP contribution in [0.2, 0.25) is 5.02 Å². The molecular formula is C14H19ClN2O2. The molecule has 1 aliphatic carbocycles. The Morgan fingerprint density at radius 1 is 1.58 bits per heavy atom. The molecule has 0 radical (unpaired) electrons. The second kappa shape index (κ2) is 5.39. The van der Waals surface area contributed by atoms with Crippen LogP contribution in [0.5, 0.6) is 5.75 Å². The summed E-state index contributed by atoms with van der Waals surface area (Å²) >= 11 is 5.95. The van der Waals surface area contributed by atoms with E-state index in [1.54, 1.807) is 25.3 Å². The Morgan fingerprint density at radius 2 is 2.32 bits per heavy atom. The summed E-state index contributed by atoms with van der Waals surface area (Å²) < 4.78 is 5.13. The van der Waals surface area contributed by atoms with Crippen molar-refractivity contribution in [1.82, 2.24) is 0 Å². The minimum Gasteiger partial charge on any atom is -0.495 e. The molecule has 5 heteroatoms. The van der Waals surface area contributed by atoms with Crippen molar-refractivity contribution in [3.8, 4) is 5.75 Å². The van der Waals surface area contributed by atoms with Crippen LogP contribution < -0.4 is 15.8 Å². The number of nitrogens with one attached hydrogen (secondary N) is 1. The Bertz CT molecular complexity index is 492. The first-order valence-electron chi connectivity index (χ1n) is 6.38. The van der Waals surface area contributed by atoms with E-state index in [2.05, 4.69) is 5.32 Å². The fourth-order valence-electron chi connectivity index (χ4n) is 2.49. The van der Waals surface area contributed by atoms with E-state index in [0.29, 0.717) is 16.5 Å². The Balaban J connectivity index is 2.15. The highest BCUT2D eigenvalue weighted by molar-refractivity contribution is 6.32. The molecule has 1 aromatic carbocycles. The molecule has 2 rings (SSSR count). The van der Waals surface area contributed by atoms with E-state index < -0.39 is 5.41 Å². The molecule has 1 saturated carbocycles. The third-order valence-electron chi connectivity index (χ3n) is 3.96. The molecule has 4 nitrogen and oxygen atoms in total. The average Bonchev–Trinajstić information content (AvgIpc) is 2.73. The van der Waals surface area contributed by atoms with Gasteiger partial charge in [-0.2, -0.15) is 0 Å². The summed E-state index contributed by atoms with van der Waals surface area (Å²) in [7, 11) is 1.54. The van der Waals surface area contributed by atoms with Crippen molar-refractivity contribution in [3.05, 3.63) is 23.2 Å². The quantitative estimate of drug-likeness (QED) is 0.896. The topological polar surface area (TPSA) is 64.3 Å². The predicted molar refractivity (Wildman–Crippen MR) is 76.6 cm³/mol. The van der Waals surface area contributed by atoms with Gasteiger partial charge in [-0.3, -0.25) is 4.79 Å². The van der Waals surface area contributed by atoms with Gasteiger partial charge in [-0.1, -0.05) is 18.0 Å². The minimum absolute atomic E-state index is 0.0399. The van der Waals surface area contributed by atoms with Crippen molar-refractivity contribution < 1.29 is 9.53 Å². The zero-order valence-corrected chi connectivity index (χ0v) is 12.0. The smallest absolute Gasteiger partial charge is 0.231 e. The van der Waals surface area contributed by atoms with Crippen molar-refractivity contribution >= 4 is 23.2 Å².